The molecule has 2 N–H and O–H groups in total. The summed E-state index contributed by atoms with van der Waals surface area (Å²) in [6.45, 7) is 3.97. The van der Waals surface area contributed by atoms with Crippen LogP contribution < -0.4 is 5.32 Å². The maximum Gasteiger partial charge on any atom is 0.131 e. The van der Waals surface area contributed by atoms with E-state index >= 15 is 0 Å². The lowest BCUT2D eigenvalue weighted by Gasteiger charge is -2.20. The number of rotatable bonds is 4. The fourth-order valence-electron chi connectivity index (χ4n) is 1.95. The molecule has 0 aliphatic heterocycles. The monoisotopic (exact) mass is 265 g/mol. The van der Waals surface area contributed by atoms with Gasteiger partial charge in [-0.15, -0.1) is 0 Å². The fraction of sp³-hybridized carbons (Fsp3) is 0.286. The van der Waals surface area contributed by atoms with Crippen LogP contribution in [0.3, 0.4) is 0 Å². The summed E-state index contributed by atoms with van der Waals surface area (Å²) in [5.41, 5.74) is 1.76. The molecule has 0 amide bonds. The molecule has 96 valence electrons. The molecule has 1 aromatic carbocycles. The van der Waals surface area contributed by atoms with Crippen molar-refractivity contribution in [1.82, 2.24) is 5.32 Å². The van der Waals surface area contributed by atoms with Crippen LogP contribution in [-0.2, 0) is 0 Å². The first kappa shape index (κ1) is 13.1. The molecule has 2 nitrogen and oxygen atoms in total. The Hall–Kier alpha value is -1.39. The highest BCUT2D eigenvalue weighted by molar-refractivity contribution is 7.07. The molecule has 0 radical (unpaired) electrons. The summed E-state index contributed by atoms with van der Waals surface area (Å²) in [5.74, 6) is -0.429. The molecule has 0 saturated heterocycles. The molecular formula is C14H16FNOS. The van der Waals surface area contributed by atoms with Crippen molar-refractivity contribution in [2.75, 3.05) is 0 Å². The molecular weight excluding hydrogens is 249 g/mol. The molecule has 2 atom stereocenters. The van der Waals surface area contributed by atoms with Gasteiger partial charge in [-0.25, -0.2) is 4.39 Å². The van der Waals surface area contributed by atoms with Crippen molar-refractivity contribution in [3.05, 3.63) is 52.0 Å². The van der Waals surface area contributed by atoms with Crippen LogP contribution in [0.4, 0.5) is 4.39 Å². The Balaban J connectivity index is 2.10. The van der Waals surface area contributed by atoms with Gasteiger partial charge in [0.2, 0.25) is 0 Å². The smallest absolute Gasteiger partial charge is 0.131 e. The molecule has 1 heterocycles. The first-order valence-corrected chi connectivity index (χ1v) is 6.78. The van der Waals surface area contributed by atoms with E-state index in [1.807, 2.05) is 12.3 Å². The second-order valence-electron chi connectivity index (χ2n) is 4.37. The Morgan fingerprint density at radius 2 is 2.00 bits per heavy atom. The minimum Gasteiger partial charge on any atom is -0.508 e. The quantitative estimate of drug-likeness (QED) is 0.875. The molecule has 0 spiro atoms. The zero-order valence-electron chi connectivity index (χ0n) is 10.4. The third kappa shape index (κ3) is 2.89. The Kier molecular flexibility index (Phi) is 3.99. The topological polar surface area (TPSA) is 32.3 Å². The van der Waals surface area contributed by atoms with Crippen molar-refractivity contribution in [2.45, 2.75) is 25.9 Å². The second-order valence-corrected chi connectivity index (χ2v) is 5.15. The van der Waals surface area contributed by atoms with E-state index in [-0.39, 0.29) is 23.7 Å². The van der Waals surface area contributed by atoms with E-state index in [2.05, 4.69) is 23.7 Å². The predicted octanol–water partition coefficient (Wildman–Crippen LogP) is 4.00. The standard InChI is InChI=1S/C14H16FNOS/c1-9(11-5-6-18-8-11)16-10(2)13-4-3-12(17)7-14(13)15/h3-10,16-17H,1-2H3. The van der Waals surface area contributed by atoms with Gasteiger partial charge in [0.05, 0.1) is 0 Å². The molecule has 0 saturated carbocycles. The average Bonchev–Trinajstić information content (AvgIpc) is 2.81. The van der Waals surface area contributed by atoms with Gasteiger partial charge < -0.3 is 10.4 Å². The van der Waals surface area contributed by atoms with Gasteiger partial charge in [0.1, 0.15) is 11.6 Å². The normalized spacial score (nSPS) is 14.4. The van der Waals surface area contributed by atoms with Gasteiger partial charge in [-0.2, -0.15) is 11.3 Å². The van der Waals surface area contributed by atoms with E-state index in [0.29, 0.717) is 5.56 Å². The summed E-state index contributed by atoms with van der Waals surface area (Å²) in [7, 11) is 0. The van der Waals surface area contributed by atoms with Crippen LogP contribution in [0.2, 0.25) is 0 Å². The third-order valence-corrected chi connectivity index (χ3v) is 3.70. The van der Waals surface area contributed by atoms with Crippen molar-refractivity contribution < 1.29 is 9.50 Å². The van der Waals surface area contributed by atoms with Gasteiger partial charge in [0.25, 0.3) is 0 Å². The van der Waals surface area contributed by atoms with E-state index in [0.717, 1.165) is 6.07 Å². The maximum absolute atomic E-state index is 13.7. The lowest BCUT2D eigenvalue weighted by Crippen LogP contribution is -2.22. The summed E-state index contributed by atoms with van der Waals surface area (Å²) >= 11 is 1.65. The number of thiophene rings is 1. The van der Waals surface area contributed by atoms with Crippen LogP contribution in [0.25, 0.3) is 0 Å². The molecule has 0 fully saturated rings. The first-order chi connectivity index (χ1) is 8.58. The number of halogens is 1. The van der Waals surface area contributed by atoms with Crippen molar-refractivity contribution in [2.24, 2.45) is 0 Å². The largest absolute Gasteiger partial charge is 0.508 e. The summed E-state index contributed by atoms with van der Waals surface area (Å²) in [6, 6.07) is 6.37. The minimum absolute atomic E-state index is 0.0469. The predicted molar refractivity (Wildman–Crippen MR) is 72.3 cm³/mol. The van der Waals surface area contributed by atoms with Crippen molar-refractivity contribution >= 4 is 11.3 Å². The molecule has 2 unspecified atom stereocenters. The number of hydrogen-bond acceptors (Lipinski definition) is 3. The van der Waals surface area contributed by atoms with Gasteiger partial charge in [0.15, 0.2) is 0 Å². The van der Waals surface area contributed by atoms with E-state index in [1.54, 1.807) is 17.4 Å². The van der Waals surface area contributed by atoms with Crippen LogP contribution >= 0.6 is 11.3 Å². The first-order valence-electron chi connectivity index (χ1n) is 5.84. The molecule has 0 aliphatic carbocycles. The summed E-state index contributed by atoms with van der Waals surface area (Å²) in [5, 5.41) is 16.6. The number of phenols is 1. The number of benzene rings is 1. The number of hydrogen-bond donors (Lipinski definition) is 2. The highest BCUT2D eigenvalue weighted by Gasteiger charge is 2.14. The zero-order valence-corrected chi connectivity index (χ0v) is 11.2. The molecule has 4 heteroatoms. The van der Waals surface area contributed by atoms with Gasteiger partial charge in [0, 0.05) is 23.7 Å². The van der Waals surface area contributed by atoms with Crippen molar-refractivity contribution in [1.29, 1.82) is 0 Å². The van der Waals surface area contributed by atoms with Crippen LogP contribution in [-0.4, -0.2) is 5.11 Å². The maximum atomic E-state index is 13.7. The van der Waals surface area contributed by atoms with E-state index in [4.69, 9.17) is 0 Å². The third-order valence-electron chi connectivity index (χ3n) is 2.99. The zero-order chi connectivity index (χ0) is 13.1. The van der Waals surface area contributed by atoms with Crippen molar-refractivity contribution in [3.63, 3.8) is 0 Å². The summed E-state index contributed by atoms with van der Waals surface area (Å²) in [6.07, 6.45) is 0. The average molecular weight is 265 g/mol. The molecule has 2 rings (SSSR count). The molecule has 2 aromatic rings. The van der Waals surface area contributed by atoms with Gasteiger partial charge in [-0.05, 0) is 42.3 Å². The molecule has 0 aliphatic rings. The minimum atomic E-state index is -0.382. The Morgan fingerprint density at radius 3 is 2.61 bits per heavy atom. The number of phenolic OH excluding ortho intramolecular Hbond substituents is 1. The highest BCUT2D eigenvalue weighted by Crippen LogP contribution is 2.24. The fourth-order valence-corrected chi connectivity index (χ4v) is 2.70. The lowest BCUT2D eigenvalue weighted by atomic mass is 10.1. The van der Waals surface area contributed by atoms with E-state index in [9.17, 15) is 9.50 Å². The van der Waals surface area contributed by atoms with E-state index in [1.165, 1.54) is 11.6 Å². The van der Waals surface area contributed by atoms with Gasteiger partial charge >= 0.3 is 0 Å². The summed E-state index contributed by atoms with van der Waals surface area (Å²) < 4.78 is 13.7. The van der Waals surface area contributed by atoms with Crippen LogP contribution in [0.5, 0.6) is 5.75 Å². The Labute approximate surface area is 110 Å². The van der Waals surface area contributed by atoms with Crippen LogP contribution in [0.15, 0.2) is 35.0 Å². The van der Waals surface area contributed by atoms with Crippen LogP contribution in [0, 0.1) is 5.82 Å². The second kappa shape index (κ2) is 5.50. The molecule has 1 aromatic heterocycles. The summed E-state index contributed by atoms with van der Waals surface area (Å²) in [4.78, 5) is 0. The van der Waals surface area contributed by atoms with Crippen LogP contribution in [0.1, 0.15) is 37.1 Å². The van der Waals surface area contributed by atoms with E-state index < -0.39 is 0 Å². The Bertz CT molecular complexity index is 513. The van der Waals surface area contributed by atoms with Gasteiger partial charge in [-0.1, -0.05) is 6.07 Å². The van der Waals surface area contributed by atoms with Crippen molar-refractivity contribution in [3.8, 4) is 5.75 Å². The number of aromatic hydroxyl groups is 1. The Morgan fingerprint density at radius 1 is 1.22 bits per heavy atom. The highest BCUT2D eigenvalue weighted by atomic mass is 32.1. The molecule has 18 heavy (non-hydrogen) atoms. The molecule has 0 bridgehead atoms. The SMILES string of the molecule is CC(NC(C)c1ccc(O)cc1F)c1ccsc1. The number of nitrogens with one attached hydrogen (secondary N) is 1. The van der Waals surface area contributed by atoms with Gasteiger partial charge in [-0.3, -0.25) is 0 Å². The lowest BCUT2D eigenvalue weighted by molar-refractivity contribution is 0.454.